The summed E-state index contributed by atoms with van der Waals surface area (Å²) >= 11 is 0. The number of oxime groups is 1. The van der Waals surface area contributed by atoms with Crippen LogP contribution in [0.15, 0.2) is 29.4 Å². The molecular formula is C12H12N2O6. The number of non-ortho nitro benzene ring substituents is 1. The molecule has 0 aromatic heterocycles. The molecule has 0 spiro atoms. The lowest BCUT2D eigenvalue weighted by Gasteiger charge is -2.10. The van der Waals surface area contributed by atoms with Gasteiger partial charge in [-0.3, -0.25) is 10.1 Å². The monoisotopic (exact) mass is 280 g/mol. The molecule has 0 radical (unpaired) electrons. The van der Waals surface area contributed by atoms with Gasteiger partial charge in [0.05, 0.1) is 12.0 Å². The first-order chi connectivity index (χ1) is 9.60. The summed E-state index contributed by atoms with van der Waals surface area (Å²) in [6.07, 6.45) is -0.0704. The lowest BCUT2D eigenvalue weighted by molar-refractivity contribution is -0.384. The number of methoxy groups -OCH3 is 1. The quantitative estimate of drug-likeness (QED) is 0.457. The molecule has 0 saturated heterocycles. The van der Waals surface area contributed by atoms with Gasteiger partial charge in [-0.2, -0.15) is 0 Å². The highest BCUT2D eigenvalue weighted by atomic mass is 16.7. The zero-order valence-electron chi connectivity index (χ0n) is 10.6. The molecule has 0 N–H and O–H groups in total. The van der Waals surface area contributed by atoms with E-state index in [0.29, 0.717) is 12.2 Å². The molecule has 1 aromatic rings. The number of carbonyl (C=O) groups excluding carboxylic acids is 1. The van der Waals surface area contributed by atoms with Crippen molar-refractivity contribution in [3.05, 3.63) is 34.4 Å². The number of benzene rings is 1. The number of hydrogen-bond donors (Lipinski definition) is 0. The lowest BCUT2D eigenvalue weighted by Crippen LogP contribution is -2.21. The molecule has 0 bridgehead atoms. The summed E-state index contributed by atoms with van der Waals surface area (Å²) in [5, 5.41) is 14.1. The van der Waals surface area contributed by atoms with Gasteiger partial charge in [-0.05, 0) is 12.1 Å². The van der Waals surface area contributed by atoms with Crippen LogP contribution >= 0.6 is 0 Å². The minimum Gasteiger partial charge on any atom is -0.490 e. The molecule has 1 aliphatic rings. The maximum Gasteiger partial charge on any atom is 0.355 e. The van der Waals surface area contributed by atoms with Crippen molar-refractivity contribution in [3.63, 3.8) is 0 Å². The van der Waals surface area contributed by atoms with Gasteiger partial charge >= 0.3 is 5.97 Å². The van der Waals surface area contributed by atoms with E-state index in [1.165, 1.54) is 31.4 Å². The van der Waals surface area contributed by atoms with Gasteiger partial charge in [-0.15, -0.1) is 0 Å². The molecule has 1 aliphatic heterocycles. The van der Waals surface area contributed by atoms with Gasteiger partial charge in [0.1, 0.15) is 12.4 Å². The van der Waals surface area contributed by atoms with Gasteiger partial charge in [0, 0.05) is 18.6 Å². The van der Waals surface area contributed by atoms with Crippen LogP contribution in [0.3, 0.4) is 0 Å². The van der Waals surface area contributed by atoms with Crippen molar-refractivity contribution in [1.29, 1.82) is 0 Å². The summed E-state index contributed by atoms with van der Waals surface area (Å²) in [5.41, 5.74) is 0.204. The highest BCUT2D eigenvalue weighted by molar-refractivity contribution is 6.36. The molecule has 106 valence electrons. The van der Waals surface area contributed by atoms with Gasteiger partial charge in [0.25, 0.3) is 5.69 Å². The Balaban J connectivity index is 1.82. The summed E-state index contributed by atoms with van der Waals surface area (Å²) < 4.78 is 9.94. The number of rotatable bonds is 5. The van der Waals surface area contributed by atoms with E-state index in [4.69, 9.17) is 9.57 Å². The Morgan fingerprint density at radius 3 is 2.80 bits per heavy atom. The minimum absolute atomic E-state index is 0.00854. The topological polar surface area (TPSA) is 100 Å². The molecule has 0 aliphatic carbocycles. The van der Waals surface area contributed by atoms with Crippen molar-refractivity contribution in [3.8, 4) is 5.75 Å². The van der Waals surface area contributed by atoms with Crippen LogP contribution in [0.2, 0.25) is 0 Å². The van der Waals surface area contributed by atoms with Gasteiger partial charge in [0.15, 0.2) is 11.8 Å². The number of hydrogen-bond acceptors (Lipinski definition) is 7. The highest BCUT2D eigenvalue weighted by Crippen LogP contribution is 2.19. The molecule has 1 atom stereocenters. The van der Waals surface area contributed by atoms with E-state index in [-0.39, 0.29) is 24.1 Å². The Kier molecular flexibility index (Phi) is 4.14. The van der Waals surface area contributed by atoms with Crippen molar-refractivity contribution in [2.24, 2.45) is 5.16 Å². The summed E-state index contributed by atoms with van der Waals surface area (Å²) in [7, 11) is 1.27. The number of nitro benzene ring substituents is 1. The maximum absolute atomic E-state index is 11.2. The second-order valence-electron chi connectivity index (χ2n) is 4.02. The number of nitrogens with zero attached hydrogens (tertiary/aromatic N) is 2. The molecule has 0 fully saturated rings. The first kappa shape index (κ1) is 13.8. The highest BCUT2D eigenvalue weighted by Gasteiger charge is 2.27. The number of carbonyl (C=O) groups is 1. The fraction of sp³-hybridized carbons (Fsp3) is 0.333. The first-order valence-electron chi connectivity index (χ1n) is 5.78. The van der Waals surface area contributed by atoms with Crippen LogP contribution in [0, 0.1) is 10.1 Å². The van der Waals surface area contributed by atoms with Crippen molar-refractivity contribution in [2.45, 2.75) is 12.5 Å². The van der Waals surface area contributed by atoms with E-state index >= 15 is 0 Å². The number of nitro groups is 1. The van der Waals surface area contributed by atoms with Gasteiger partial charge in [0.2, 0.25) is 0 Å². The average molecular weight is 280 g/mol. The smallest absolute Gasteiger partial charge is 0.355 e. The van der Waals surface area contributed by atoms with Crippen molar-refractivity contribution >= 4 is 17.4 Å². The Hall–Kier alpha value is -2.64. The molecular weight excluding hydrogens is 268 g/mol. The van der Waals surface area contributed by atoms with Crippen LogP contribution in [-0.4, -0.2) is 36.4 Å². The van der Waals surface area contributed by atoms with Crippen molar-refractivity contribution in [1.82, 2.24) is 0 Å². The molecule has 0 unspecified atom stereocenters. The molecule has 20 heavy (non-hydrogen) atoms. The van der Waals surface area contributed by atoms with E-state index in [2.05, 4.69) is 9.89 Å². The van der Waals surface area contributed by atoms with E-state index in [0.717, 1.165) is 0 Å². The van der Waals surface area contributed by atoms with Crippen LogP contribution in [0.25, 0.3) is 0 Å². The minimum atomic E-state index is -0.525. The zero-order chi connectivity index (χ0) is 14.5. The predicted molar refractivity (Wildman–Crippen MR) is 67.5 cm³/mol. The molecule has 0 amide bonds. The van der Waals surface area contributed by atoms with Crippen molar-refractivity contribution < 1.29 is 24.0 Å². The standard InChI is InChI=1S/C12H12N2O6/c1-18-12(15)11-6-10(20-13-11)7-19-9-4-2-8(3-5-9)14(16)17/h2-5,10H,6-7H2,1H3/t10-/m0/s1. The number of esters is 1. The third-order valence-corrected chi connectivity index (χ3v) is 2.64. The van der Waals surface area contributed by atoms with Crippen LogP contribution in [0.5, 0.6) is 5.75 Å². The first-order valence-corrected chi connectivity index (χ1v) is 5.78. The summed E-state index contributed by atoms with van der Waals surface area (Å²) in [5.74, 6) is -0.0476. The van der Waals surface area contributed by atoms with Gasteiger partial charge < -0.3 is 14.3 Å². The second kappa shape index (κ2) is 6.00. The SMILES string of the molecule is COC(=O)C1=NO[C@H](COc2ccc([N+](=O)[O-])cc2)C1. The Morgan fingerprint density at radius 1 is 1.50 bits per heavy atom. The summed E-state index contributed by atoms with van der Waals surface area (Å²) in [4.78, 5) is 26.2. The second-order valence-corrected chi connectivity index (χ2v) is 4.02. The van der Waals surface area contributed by atoms with Crippen LogP contribution in [-0.2, 0) is 14.4 Å². The van der Waals surface area contributed by atoms with E-state index < -0.39 is 10.9 Å². The maximum atomic E-state index is 11.2. The molecule has 0 saturated carbocycles. The molecule has 1 aromatic carbocycles. The van der Waals surface area contributed by atoms with Gasteiger partial charge in [-0.1, -0.05) is 5.16 Å². The van der Waals surface area contributed by atoms with Crippen molar-refractivity contribution in [2.75, 3.05) is 13.7 Å². The van der Waals surface area contributed by atoms with Crippen LogP contribution < -0.4 is 4.74 Å². The molecule has 8 heteroatoms. The Labute approximate surface area is 114 Å². The van der Waals surface area contributed by atoms with Gasteiger partial charge in [-0.25, -0.2) is 4.79 Å². The fourth-order valence-electron chi connectivity index (χ4n) is 1.61. The summed E-state index contributed by atoms with van der Waals surface area (Å²) in [6, 6.07) is 5.69. The molecule has 2 rings (SSSR count). The van der Waals surface area contributed by atoms with E-state index in [1.54, 1.807) is 0 Å². The third kappa shape index (κ3) is 3.22. The Morgan fingerprint density at radius 2 is 2.20 bits per heavy atom. The molecule has 1 heterocycles. The average Bonchev–Trinajstić information content (AvgIpc) is 2.93. The largest absolute Gasteiger partial charge is 0.490 e. The predicted octanol–water partition coefficient (Wildman–Crippen LogP) is 1.29. The summed E-state index contributed by atoms with van der Waals surface area (Å²) in [6.45, 7) is 0.182. The van der Waals surface area contributed by atoms with E-state index in [1.807, 2.05) is 0 Å². The Bertz CT molecular complexity index is 539. The van der Waals surface area contributed by atoms with E-state index in [9.17, 15) is 14.9 Å². The lowest BCUT2D eigenvalue weighted by atomic mass is 10.2. The van der Waals surface area contributed by atoms with Crippen LogP contribution in [0.1, 0.15) is 6.42 Å². The number of ether oxygens (including phenoxy) is 2. The zero-order valence-corrected chi connectivity index (χ0v) is 10.6. The third-order valence-electron chi connectivity index (χ3n) is 2.64. The fourth-order valence-corrected chi connectivity index (χ4v) is 1.61. The van der Waals surface area contributed by atoms with Crippen LogP contribution in [0.4, 0.5) is 5.69 Å². The normalized spacial score (nSPS) is 17.1. The molecule has 8 nitrogen and oxygen atoms in total.